The minimum Gasteiger partial charge on any atom is -0.367 e. The average molecular weight is 267 g/mol. The fraction of sp³-hybridized carbons (Fsp3) is 1.00. The van der Waals surface area contributed by atoms with Gasteiger partial charge in [-0.15, -0.1) is 0 Å². The number of alkyl halides is 3. The smallest absolute Gasteiger partial charge is 0.367 e. The lowest BCUT2D eigenvalue weighted by Crippen LogP contribution is -2.50. The van der Waals surface area contributed by atoms with E-state index in [4.69, 9.17) is 4.74 Å². The van der Waals surface area contributed by atoms with E-state index in [0.29, 0.717) is 5.92 Å². The third-order valence-corrected chi connectivity index (χ3v) is 3.48. The number of halogens is 3. The van der Waals surface area contributed by atoms with Gasteiger partial charge in [-0.3, -0.25) is 0 Å². The first kappa shape index (κ1) is 15.8. The first-order valence-electron chi connectivity index (χ1n) is 6.75. The lowest BCUT2D eigenvalue weighted by atomic mass is 9.78. The minimum atomic E-state index is -4.24. The van der Waals surface area contributed by atoms with Crippen LogP contribution in [0.1, 0.15) is 40.0 Å². The zero-order valence-electron chi connectivity index (χ0n) is 11.4. The second kappa shape index (κ2) is 6.75. The van der Waals surface area contributed by atoms with E-state index in [9.17, 15) is 13.2 Å². The number of ether oxygens (including phenoxy) is 1. The lowest BCUT2D eigenvalue weighted by Gasteiger charge is -2.40. The molecule has 1 fully saturated rings. The van der Waals surface area contributed by atoms with Crippen molar-refractivity contribution in [3.63, 3.8) is 0 Å². The second-order valence-electron chi connectivity index (χ2n) is 5.51. The van der Waals surface area contributed by atoms with Crippen LogP contribution in [-0.2, 0) is 4.74 Å². The van der Waals surface area contributed by atoms with Crippen molar-refractivity contribution in [3.05, 3.63) is 0 Å². The van der Waals surface area contributed by atoms with E-state index in [1.54, 1.807) is 0 Å². The zero-order valence-corrected chi connectivity index (χ0v) is 11.4. The van der Waals surface area contributed by atoms with E-state index >= 15 is 0 Å². The zero-order chi connectivity index (χ0) is 13.8. The lowest BCUT2D eigenvalue weighted by molar-refractivity contribution is -0.197. The Bertz CT molecular complexity index is 245. The molecule has 0 aromatic heterocycles. The van der Waals surface area contributed by atoms with Crippen LogP contribution in [0.3, 0.4) is 0 Å². The Hall–Kier alpha value is -0.290. The Balaban J connectivity index is 2.57. The van der Waals surface area contributed by atoms with Crippen LogP contribution in [-0.4, -0.2) is 31.5 Å². The van der Waals surface area contributed by atoms with E-state index in [-0.39, 0.29) is 18.1 Å². The Labute approximate surface area is 107 Å². The Kier molecular flexibility index (Phi) is 5.92. The maximum absolute atomic E-state index is 12.2. The molecule has 0 radical (unpaired) electrons. The topological polar surface area (TPSA) is 21.3 Å². The third kappa shape index (κ3) is 5.14. The third-order valence-electron chi connectivity index (χ3n) is 3.48. The summed E-state index contributed by atoms with van der Waals surface area (Å²) < 4.78 is 41.9. The molecule has 0 spiro atoms. The van der Waals surface area contributed by atoms with Crippen LogP contribution in [0.5, 0.6) is 0 Å². The molecule has 108 valence electrons. The molecule has 0 saturated heterocycles. The maximum Gasteiger partial charge on any atom is 0.411 e. The van der Waals surface area contributed by atoms with Crippen molar-refractivity contribution in [1.82, 2.24) is 5.32 Å². The van der Waals surface area contributed by atoms with Gasteiger partial charge in [-0.1, -0.05) is 20.8 Å². The van der Waals surface area contributed by atoms with Crippen molar-refractivity contribution in [3.8, 4) is 0 Å². The van der Waals surface area contributed by atoms with E-state index in [2.05, 4.69) is 12.2 Å². The first-order valence-corrected chi connectivity index (χ1v) is 6.75. The standard InChI is InChI=1S/C13H24F3NO/c1-4-5-17-11-7-9(2)6-10(3)12(11)18-8-13(14,15)16/h9-12,17H,4-8H2,1-3H3. The molecule has 1 rings (SSSR count). The Morgan fingerprint density at radius 1 is 1.22 bits per heavy atom. The first-order chi connectivity index (χ1) is 8.33. The minimum absolute atomic E-state index is 0.0473. The van der Waals surface area contributed by atoms with Crippen LogP contribution < -0.4 is 5.32 Å². The number of hydrogen-bond donors (Lipinski definition) is 1. The highest BCUT2D eigenvalue weighted by molar-refractivity contribution is 4.88. The van der Waals surface area contributed by atoms with Crippen molar-refractivity contribution in [2.24, 2.45) is 11.8 Å². The van der Waals surface area contributed by atoms with Gasteiger partial charge in [-0.2, -0.15) is 13.2 Å². The van der Waals surface area contributed by atoms with Crippen LogP contribution in [0.15, 0.2) is 0 Å². The number of rotatable bonds is 5. The predicted molar refractivity (Wildman–Crippen MR) is 65.4 cm³/mol. The van der Waals surface area contributed by atoms with E-state index in [0.717, 1.165) is 25.8 Å². The van der Waals surface area contributed by atoms with Gasteiger partial charge < -0.3 is 10.1 Å². The Morgan fingerprint density at radius 2 is 1.89 bits per heavy atom. The molecule has 5 heteroatoms. The molecule has 0 bridgehead atoms. The normalized spacial score (nSPS) is 33.7. The molecule has 1 N–H and O–H groups in total. The van der Waals surface area contributed by atoms with Crippen LogP contribution >= 0.6 is 0 Å². The van der Waals surface area contributed by atoms with Crippen molar-refractivity contribution >= 4 is 0 Å². The largest absolute Gasteiger partial charge is 0.411 e. The molecule has 0 aromatic rings. The summed E-state index contributed by atoms with van der Waals surface area (Å²) >= 11 is 0. The van der Waals surface area contributed by atoms with Gasteiger partial charge in [-0.25, -0.2) is 0 Å². The van der Waals surface area contributed by atoms with Gasteiger partial charge in [0.1, 0.15) is 6.61 Å². The molecular formula is C13H24F3NO. The summed E-state index contributed by atoms with van der Waals surface area (Å²) in [5.41, 5.74) is 0. The molecule has 4 atom stereocenters. The summed E-state index contributed by atoms with van der Waals surface area (Å²) in [6.45, 7) is 5.87. The fourth-order valence-corrected chi connectivity index (χ4v) is 2.83. The molecule has 1 aliphatic carbocycles. The predicted octanol–water partition coefficient (Wildman–Crippen LogP) is 3.37. The van der Waals surface area contributed by atoms with Gasteiger partial charge in [0.25, 0.3) is 0 Å². The van der Waals surface area contributed by atoms with Crippen molar-refractivity contribution < 1.29 is 17.9 Å². The van der Waals surface area contributed by atoms with E-state index in [1.165, 1.54) is 0 Å². The van der Waals surface area contributed by atoms with Crippen LogP contribution in [0.25, 0.3) is 0 Å². The molecular weight excluding hydrogens is 243 g/mol. The van der Waals surface area contributed by atoms with Gasteiger partial charge in [0.05, 0.1) is 6.10 Å². The summed E-state index contributed by atoms with van der Waals surface area (Å²) in [4.78, 5) is 0. The van der Waals surface area contributed by atoms with Crippen LogP contribution in [0, 0.1) is 11.8 Å². The molecule has 0 aliphatic heterocycles. The van der Waals surface area contributed by atoms with Gasteiger partial charge in [0.2, 0.25) is 0 Å². The molecule has 4 unspecified atom stereocenters. The van der Waals surface area contributed by atoms with Crippen molar-refractivity contribution in [2.45, 2.75) is 58.4 Å². The highest BCUT2D eigenvalue weighted by Crippen LogP contribution is 2.32. The van der Waals surface area contributed by atoms with Crippen molar-refractivity contribution in [1.29, 1.82) is 0 Å². The molecule has 0 aromatic carbocycles. The van der Waals surface area contributed by atoms with Gasteiger partial charge in [0.15, 0.2) is 0 Å². The van der Waals surface area contributed by atoms with Crippen LogP contribution in [0.4, 0.5) is 13.2 Å². The number of nitrogens with one attached hydrogen (secondary N) is 1. The molecule has 18 heavy (non-hydrogen) atoms. The monoisotopic (exact) mass is 267 g/mol. The summed E-state index contributed by atoms with van der Waals surface area (Å²) in [7, 11) is 0. The van der Waals surface area contributed by atoms with E-state index < -0.39 is 12.8 Å². The average Bonchev–Trinajstić information content (AvgIpc) is 2.23. The maximum atomic E-state index is 12.2. The summed E-state index contributed by atoms with van der Waals surface area (Å²) in [5.74, 6) is 0.713. The molecule has 0 amide bonds. The van der Waals surface area contributed by atoms with Gasteiger partial charge in [-0.05, 0) is 37.6 Å². The quantitative estimate of drug-likeness (QED) is 0.824. The van der Waals surface area contributed by atoms with Crippen molar-refractivity contribution in [2.75, 3.05) is 13.2 Å². The van der Waals surface area contributed by atoms with Gasteiger partial charge >= 0.3 is 6.18 Å². The van der Waals surface area contributed by atoms with E-state index in [1.807, 2.05) is 13.8 Å². The molecule has 2 nitrogen and oxygen atoms in total. The molecule has 0 heterocycles. The SMILES string of the molecule is CCCNC1CC(C)CC(C)C1OCC(F)(F)F. The molecule has 1 aliphatic rings. The Morgan fingerprint density at radius 3 is 2.44 bits per heavy atom. The van der Waals surface area contributed by atoms with Gasteiger partial charge in [0, 0.05) is 6.04 Å². The number of hydrogen-bond acceptors (Lipinski definition) is 2. The highest BCUT2D eigenvalue weighted by atomic mass is 19.4. The summed E-state index contributed by atoms with van der Waals surface area (Å²) in [6.07, 6.45) is -1.75. The summed E-state index contributed by atoms with van der Waals surface area (Å²) in [6, 6.07) is 0.0473. The summed E-state index contributed by atoms with van der Waals surface area (Å²) in [5, 5.41) is 3.33. The highest BCUT2D eigenvalue weighted by Gasteiger charge is 2.37. The van der Waals surface area contributed by atoms with Crippen LogP contribution in [0.2, 0.25) is 0 Å². The fourth-order valence-electron chi connectivity index (χ4n) is 2.83. The second-order valence-corrected chi connectivity index (χ2v) is 5.51. The molecule has 1 saturated carbocycles.